The molecule has 0 bridgehead atoms. The summed E-state index contributed by atoms with van der Waals surface area (Å²) in [6.45, 7) is 1.06. The van der Waals surface area contributed by atoms with Gasteiger partial charge in [0, 0.05) is 6.04 Å². The van der Waals surface area contributed by atoms with Gasteiger partial charge in [-0.1, -0.05) is 6.42 Å². The highest BCUT2D eigenvalue weighted by atomic mass is 16.5. The van der Waals surface area contributed by atoms with Crippen LogP contribution in [-0.2, 0) is 9.53 Å². The first-order valence-corrected chi connectivity index (χ1v) is 4.66. The summed E-state index contributed by atoms with van der Waals surface area (Å²) in [7, 11) is 1.47. The van der Waals surface area contributed by atoms with E-state index in [0.29, 0.717) is 12.0 Å². The molecule has 2 rings (SSSR count). The van der Waals surface area contributed by atoms with Crippen LogP contribution in [0.3, 0.4) is 0 Å². The van der Waals surface area contributed by atoms with Crippen molar-refractivity contribution in [1.82, 2.24) is 5.32 Å². The zero-order valence-corrected chi connectivity index (χ0v) is 7.38. The second kappa shape index (κ2) is 3.05. The van der Waals surface area contributed by atoms with Crippen LogP contribution in [0.25, 0.3) is 0 Å². The molecule has 3 atom stereocenters. The average molecular weight is 169 g/mol. The number of nitrogens with one attached hydrogen (secondary N) is 1. The first-order chi connectivity index (χ1) is 5.84. The summed E-state index contributed by atoms with van der Waals surface area (Å²) in [6, 6.07) is 0.431. The summed E-state index contributed by atoms with van der Waals surface area (Å²) < 4.78 is 4.73. The lowest BCUT2D eigenvalue weighted by Crippen LogP contribution is -2.21. The number of carbonyl (C=O) groups is 1. The fourth-order valence-electron chi connectivity index (χ4n) is 2.24. The normalized spacial score (nSPS) is 39.6. The molecule has 3 heteroatoms. The molecule has 2 aliphatic rings. The molecule has 0 amide bonds. The van der Waals surface area contributed by atoms with Gasteiger partial charge in [0.1, 0.15) is 0 Å². The molecule has 1 N–H and O–H groups in total. The molecular formula is C9H15NO2. The number of ether oxygens (including phenoxy) is 1. The van der Waals surface area contributed by atoms with E-state index >= 15 is 0 Å². The second-order valence-corrected chi connectivity index (χ2v) is 3.69. The van der Waals surface area contributed by atoms with Gasteiger partial charge in [-0.3, -0.25) is 4.79 Å². The Morgan fingerprint density at radius 1 is 1.50 bits per heavy atom. The Kier molecular flexibility index (Phi) is 2.05. The number of esters is 1. The molecular weight excluding hydrogens is 154 g/mol. The molecule has 0 spiro atoms. The maximum Gasteiger partial charge on any atom is 0.310 e. The predicted octanol–water partition coefficient (Wildman–Crippen LogP) is 0.547. The second-order valence-electron chi connectivity index (χ2n) is 3.69. The van der Waals surface area contributed by atoms with Crippen molar-refractivity contribution in [2.75, 3.05) is 13.7 Å². The smallest absolute Gasteiger partial charge is 0.310 e. The van der Waals surface area contributed by atoms with Crippen LogP contribution in [-0.4, -0.2) is 25.7 Å². The van der Waals surface area contributed by atoms with Crippen molar-refractivity contribution in [3.63, 3.8) is 0 Å². The number of hydrogen-bond acceptors (Lipinski definition) is 3. The lowest BCUT2D eigenvalue weighted by Gasteiger charge is -2.01. The molecule has 0 radical (unpaired) electrons. The largest absolute Gasteiger partial charge is 0.469 e. The predicted molar refractivity (Wildman–Crippen MR) is 44.6 cm³/mol. The van der Waals surface area contributed by atoms with Crippen molar-refractivity contribution in [3.05, 3.63) is 0 Å². The molecule has 0 aromatic carbocycles. The molecule has 1 saturated carbocycles. The average Bonchev–Trinajstić information content (AvgIpc) is 2.76. The van der Waals surface area contributed by atoms with E-state index in [1.807, 2.05) is 0 Å². The van der Waals surface area contributed by atoms with E-state index in [1.165, 1.54) is 26.4 Å². The van der Waals surface area contributed by atoms with E-state index in [4.69, 9.17) is 4.74 Å². The molecule has 0 unspecified atom stereocenters. The third-order valence-corrected chi connectivity index (χ3v) is 2.99. The molecule has 1 aliphatic heterocycles. The summed E-state index contributed by atoms with van der Waals surface area (Å²) in [5.74, 6) is 0.703. The topological polar surface area (TPSA) is 38.3 Å². The van der Waals surface area contributed by atoms with Gasteiger partial charge in [-0.25, -0.2) is 0 Å². The van der Waals surface area contributed by atoms with Crippen LogP contribution in [0, 0.1) is 11.8 Å². The van der Waals surface area contributed by atoms with Gasteiger partial charge in [-0.05, 0) is 25.3 Å². The van der Waals surface area contributed by atoms with Crippen molar-refractivity contribution >= 4 is 5.97 Å². The lowest BCUT2D eigenvalue weighted by atomic mass is 10.1. The summed E-state index contributed by atoms with van der Waals surface area (Å²) in [5, 5.41) is 3.38. The zero-order chi connectivity index (χ0) is 8.55. The number of methoxy groups -OCH3 is 1. The van der Waals surface area contributed by atoms with Crippen molar-refractivity contribution in [2.45, 2.75) is 25.3 Å². The Bertz CT molecular complexity index is 181. The van der Waals surface area contributed by atoms with Gasteiger partial charge in [0.15, 0.2) is 0 Å². The molecule has 0 aromatic rings. The van der Waals surface area contributed by atoms with E-state index in [0.717, 1.165) is 6.54 Å². The highest BCUT2D eigenvalue weighted by molar-refractivity contribution is 5.77. The van der Waals surface area contributed by atoms with Gasteiger partial charge >= 0.3 is 5.97 Å². The lowest BCUT2D eigenvalue weighted by molar-refractivity contribution is -0.142. The molecule has 68 valence electrons. The number of carbonyl (C=O) groups excluding carboxylic acids is 1. The van der Waals surface area contributed by atoms with Crippen LogP contribution in [0.5, 0.6) is 0 Å². The van der Waals surface area contributed by atoms with Gasteiger partial charge in [0.2, 0.25) is 0 Å². The first kappa shape index (κ1) is 8.05. The standard InChI is InChI=1S/C9H15NO2/c1-12-9(11)7-6-4-2-3-5-10-8(6)7/h6-8,10H,2-5H2,1H3/t6-,7-,8-/m0/s1. The minimum Gasteiger partial charge on any atom is -0.469 e. The quantitative estimate of drug-likeness (QED) is 0.582. The van der Waals surface area contributed by atoms with Crippen molar-refractivity contribution in [3.8, 4) is 0 Å². The van der Waals surface area contributed by atoms with Gasteiger partial charge < -0.3 is 10.1 Å². The van der Waals surface area contributed by atoms with Crippen LogP contribution >= 0.6 is 0 Å². The van der Waals surface area contributed by atoms with E-state index < -0.39 is 0 Å². The van der Waals surface area contributed by atoms with Gasteiger partial charge in [0.25, 0.3) is 0 Å². The summed E-state index contributed by atoms with van der Waals surface area (Å²) >= 11 is 0. The monoisotopic (exact) mass is 169 g/mol. The third kappa shape index (κ3) is 1.22. The van der Waals surface area contributed by atoms with E-state index in [9.17, 15) is 4.79 Å². The van der Waals surface area contributed by atoms with Gasteiger partial charge in [0.05, 0.1) is 13.0 Å². The van der Waals surface area contributed by atoms with Gasteiger partial charge in [-0.15, -0.1) is 0 Å². The molecule has 1 heterocycles. The Morgan fingerprint density at radius 3 is 3.08 bits per heavy atom. The fraction of sp³-hybridized carbons (Fsp3) is 0.889. The minimum atomic E-state index is -0.0283. The fourth-order valence-corrected chi connectivity index (χ4v) is 2.24. The SMILES string of the molecule is COC(=O)[C@H]1[C@@H]2CCCCN[C@@H]21. The third-order valence-electron chi connectivity index (χ3n) is 2.99. The molecule has 1 saturated heterocycles. The Balaban J connectivity index is 1.93. The molecule has 2 fully saturated rings. The van der Waals surface area contributed by atoms with Crippen molar-refractivity contribution in [2.24, 2.45) is 11.8 Å². The number of rotatable bonds is 1. The van der Waals surface area contributed by atoms with E-state index in [1.54, 1.807) is 0 Å². The van der Waals surface area contributed by atoms with Crippen LogP contribution in [0.15, 0.2) is 0 Å². The minimum absolute atomic E-state index is 0.0283. The Morgan fingerprint density at radius 2 is 2.33 bits per heavy atom. The van der Waals surface area contributed by atoms with Crippen LogP contribution in [0.2, 0.25) is 0 Å². The van der Waals surface area contributed by atoms with Crippen LogP contribution in [0.4, 0.5) is 0 Å². The summed E-state index contributed by atoms with van der Waals surface area (Å²) in [4.78, 5) is 11.2. The van der Waals surface area contributed by atoms with Crippen LogP contribution in [0.1, 0.15) is 19.3 Å². The van der Waals surface area contributed by atoms with Crippen molar-refractivity contribution < 1.29 is 9.53 Å². The Labute approximate surface area is 72.5 Å². The van der Waals surface area contributed by atoms with E-state index in [-0.39, 0.29) is 11.9 Å². The summed E-state index contributed by atoms with van der Waals surface area (Å²) in [6.07, 6.45) is 3.69. The maximum absolute atomic E-state index is 11.2. The molecule has 0 aromatic heterocycles. The Hall–Kier alpha value is -0.570. The first-order valence-electron chi connectivity index (χ1n) is 4.66. The van der Waals surface area contributed by atoms with E-state index in [2.05, 4.69) is 5.32 Å². The van der Waals surface area contributed by atoms with Gasteiger partial charge in [-0.2, -0.15) is 0 Å². The number of hydrogen-bond donors (Lipinski definition) is 1. The molecule has 12 heavy (non-hydrogen) atoms. The van der Waals surface area contributed by atoms with Crippen molar-refractivity contribution in [1.29, 1.82) is 0 Å². The highest BCUT2D eigenvalue weighted by Crippen LogP contribution is 2.44. The molecule has 1 aliphatic carbocycles. The zero-order valence-electron chi connectivity index (χ0n) is 7.38. The number of fused-ring (bicyclic) bond motifs is 1. The highest BCUT2D eigenvalue weighted by Gasteiger charge is 2.55. The molecule has 3 nitrogen and oxygen atoms in total. The summed E-state index contributed by atoms with van der Waals surface area (Å²) in [5.41, 5.74) is 0. The maximum atomic E-state index is 11.2. The van der Waals surface area contributed by atoms with Crippen LogP contribution < -0.4 is 5.32 Å².